The summed E-state index contributed by atoms with van der Waals surface area (Å²) >= 11 is 0. The van der Waals surface area contributed by atoms with Gasteiger partial charge in [0.1, 0.15) is 0 Å². The monoisotopic (exact) mass is 356 g/mol. The summed E-state index contributed by atoms with van der Waals surface area (Å²) in [5.74, 6) is 0.906. The van der Waals surface area contributed by atoms with Crippen LogP contribution in [-0.4, -0.2) is 43.5 Å². The Morgan fingerprint density at radius 1 is 1.25 bits per heavy atom. The first-order valence-corrected chi connectivity index (χ1v) is 6.94. The summed E-state index contributed by atoms with van der Waals surface area (Å²) in [7, 11) is 3.19. The maximum Gasteiger partial charge on any atom is 0.277 e. The van der Waals surface area contributed by atoms with Crippen molar-refractivity contribution in [3.05, 3.63) is 29.5 Å². The molecule has 1 aromatic carbocycles. The average molecular weight is 357 g/mol. The first kappa shape index (κ1) is 19.5. The number of carbonyl (C=O) groups is 1. The lowest BCUT2D eigenvalue weighted by molar-refractivity contribution is -0.0000142. The number of ether oxygens (including phenoxy) is 2. The molecule has 0 unspecified atom stereocenters. The zero-order valence-corrected chi connectivity index (χ0v) is 14.1. The van der Waals surface area contributed by atoms with Gasteiger partial charge in [0.15, 0.2) is 11.5 Å². The maximum atomic E-state index is 11.7. The van der Waals surface area contributed by atoms with Gasteiger partial charge in [0.2, 0.25) is 11.5 Å². The van der Waals surface area contributed by atoms with Crippen molar-refractivity contribution < 1.29 is 31.3 Å². The van der Waals surface area contributed by atoms with E-state index < -0.39 is 5.91 Å². The Hall–Kier alpha value is -2.52. The molecule has 4 N–H and O–H groups in total. The van der Waals surface area contributed by atoms with Crippen molar-refractivity contribution in [2.24, 2.45) is 0 Å². The highest BCUT2D eigenvalue weighted by atomic mass is 35.5. The SMILES string of the molecule is COc1cccc(CNCCNC(=O)c2nonc2N)c1OC.[Cl-]. The molecule has 0 radical (unpaired) electrons. The van der Waals surface area contributed by atoms with Gasteiger partial charge in [-0.25, -0.2) is 4.63 Å². The second-order valence-electron chi connectivity index (χ2n) is 4.58. The zero-order chi connectivity index (χ0) is 16.7. The number of amides is 1. The first-order chi connectivity index (χ1) is 11.2. The van der Waals surface area contributed by atoms with Gasteiger partial charge in [-0.2, -0.15) is 0 Å². The van der Waals surface area contributed by atoms with Crippen LogP contribution in [0.5, 0.6) is 11.5 Å². The molecule has 0 saturated heterocycles. The Morgan fingerprint density at radius 3 is 2.67 bits per heavy atom. The van der Waals surface area contributed by atoms with Crippen LogP contribution in [0.4, 0.5) is 5.82 Å². The van der Waals surface area contributed by atoms with Crippen LogP contribution in [0.1, 0.15) is 16.1 Å². The Morgan fingerprint density at radius 2 is 2.04 bits per heavy atom. The predicted octanol–water partition coefficient (Wildman–Crippen LogP) is -2.81. The van der Waals surface area contributed by atoms with E-state index in [4.69, 9.17) is 15.2 Å². The fraction of sp³-hybridized carbons (Fsp3) is 0.357. The Labute approximate surface area is 145 Å². The van der Waals surface area contributed by atoms with Gasteiger partial charge in [-0.05, 0) is 16.4 Å². The standard InChI is InChI=1S/C14H19N5O4.ClH/c1-21-10-5-3-4-9(12(10)22-2)8-16-6-7-17-14(20)11-13(15)19-23-18-11;/h3-5,16H,6-8H2,1-2H3,(H2,15,19)(H,17,20);1H/p-1. The molecule has 0 aliphatic rings. The smallest absolute Gasteiger partial charge is 0.277 e. The van der Waals surface area contributed by atoms with Crippen LogP contribution < -0.4 is 38.2 Å². The number of rotatable bonds is 8. The van der Waals surface area contributed by atoms with Crippen LogP contribution in [0.15, 0.2) is 22.8 Å². The maximum absolute atomic E-state index is 11.7. The predicted molar refractivity (Wildman–Crippen MR) is 82.3 cm³/mol. The number of methoxy groups -OCH3 is 2. The quantitative estimate of drug-likeness (QED) is 0.433. The van der Waals surface area contributed by atoms with Crippen LogP contribution in [-0.2, 0) is 6.54 Å². The highest BCUT2D eigenvalue weighted by Gasteiger charge is 2.15. The van der Waals surface area contributed by atoms with Crippen LogP contribution >= 0.6 is 0 Å². The van der Waals surface area contributed by atoms with Gasteiger partial charge in [-0.15, -0.1) is 0 Å². The van der Waals surface area contributed by atoms with Gasteiger partial charge in [-0.1, -0.05) is 12.1 Å². The number of hydrogen-bond donors (Lipinski definition) is 3. The normalized spacial score (nSPS) is 9.92. The van der Waals surface area contributed by atoms with E-state index in [0.717, 1.165) is 5.56 Å². The van der Waals surface area contributed by atoms with Crippen molar-refractivity contribution in [2.75, 3.05) is 33.0 Å². The third-order valence-corrected chi connectivity index (χ3v) is 3.12. The summed E-state index contributed by atoms with van der Waals surface area (Å²) in [6, 6.07) is 5.66. The van der Waals surface area contributed by atoms with E-state index in [1.54, 1.807) is 14.2 Å². The van der Waals surface area contributed by atoms with Crippen LogP contribution in [0, 0.1) is 0 Å². The highest BCUT2D eigenvalue weighted by Crippen LogP contribution is 2.30. The number of nitrogens with one attached hydrogen (secondary N) is 2. The number of anilines is 1. The topological polar surface area (TPSA) is 125 Å². The molecule has 132 valence electrons. The van der Waals surface area contributed by atoms with E-state index >= 15 is 0 Å². The molecule has 0 spiro atoms. The van der Waals surface area contributed by atoms with Gasteiger partial charge in [0.25, 0.3) is 5.91 Å². The molecular formula is C14H19ClN5O4-. The highest BCUT2D eigenvalue weighted by molar-refractivity contribution is 5.95. The number of nitrogens with two attached hydrogens (primary N) is 1. The minimum atomic E-state index is -0.426. The number of nitrogens with zero attached hydrogens (tertiary/aromatic N) is 2. The van der Waals surface area contributed by atoms with Crippen LogP contribution in [0.25, 0.3) is 0 Å². The van der Waals surface area contributed by atoms with Crippen molar-refractivity contribution in [3.63, 3.8) is 0 Å². The summed E-state index contributed by atoms with van der Waals surface area (Å²) in [4.78, 5) is 11.7. The lowest BCUT2D eigenvalue weighted by Crippen LogP contribution is -3.00. The van der Waals surface area contributed by atoms with E-state index in [0.29, 0.717) is 31.1 Å². The number of para-hydroxylation sites is 1. The van der Waals surface area contributed by atoms with E-state index in [1.165, 1.54) is 0 Å². The Kier molecular flexibility index (Phi) is 7.80. The fourth-order valence-electron chi connectivity index (χ4n) is 2.02. The summed E-state index contributed by atoms with van der Waals surface area (Å²) < 4.78 is 15.0. The van der Waals surface area contributed by atoms with Gasteiger partial charge in [-0.3, -0.25) is 4.79 Å². The number of hydrogen-bond acceptors (Lipinski definition) is 8. The lowest BCUT2D eigenvalue weighted by Gasteiger charge is -2.13. The second-order valence-corrected chi connectivity index (χ2v) is 4.58. The van der Waals surface area contributed by atoms with Gasteiger partial charge >= 0.3 is 0 Å². The van der Waals surface area contributed by atoms with Gasteiger partial charge in [0, 0.05) is 25.2 Å². The zero-order valence-electron chi connectivity index (χ0n) is 13.3. The molecule has 2 aromatic rings. The van der Waals surface area contributed by atoms with Crippen molar-refractivity contribution >= 4 is 11.7 Å². The molecule has 0 fully saturated rings. The van der Waals surface area contributed by atoms with Crippen molar-refractivity contribution in [2.45, 2.75) is 6.54 Å². The number of aromatic nitrogens is 2. The minimum Gasteiger partial charge on any atom is -1.00 e. The van der Waals surface area contributed by atoms with E-state index in [1.807, 2.05) is 18.2 Å². The second kappa shape index (κ2) is 9.58. The van der Waals surface area contributed by atoms with Crippen molar-refractivity contribution in [1.82, 2.24) is 20.9 Å². The summed E-state index contributed by atoms with van der Waals surface area (Å²) in [5.41, 5.74) is 6.38. The Balaban J connectivity index is 0.00000288. The molecule has 1 heterocycles. The minimum absolute atomic E-state index is 0. The first-order valence-electron chi connectivity index (χ1n) is 6.94. The van der Waals surface area contributed by atoms with Gasteiger partial charge < -0.3 is 38.2 Å². The van der Waals surface area contributed by atoms with E-state index in [-0.39, 0.29) is 23.9 Å². The third kappa shape index (κ3) is 4.74. The molecule has 0 bridgehead atoms. The lowest BCUT2D eigenvalue weighted by atomic mass is 10.2. The number of halogens is 1. The molecular weight excluding hydrogens is 338 g/mol. The summed E-state index contributed by atoms with van der Waals surface area (Å²) in [6.07, 6.45) is 0. The molecule has 2 rings (SSSR count). The van der Waals surface area contributed by atoms with Crippen molar-refractivity contribution in [1.29, 1.82) is 0 Å². The largest absolute Gasteiger partial charge is 1.00 e. The molecule has 24 heavy (non-hydrogen) atoms. The van der Waals surface area contributed by atoms with Crippen LogP contribution in [0.2, 0.25) is 0 Å². The molecule has 1 amide bonds. The van der Waals surface area contributed by atoms with Crippen molar-refractivity contribution in [3.8, 4) is 11.5 Å². The molecule has 0 aliphatic carbocycles. The Bertz CT molecular complexity index is 664. The molecule has 1 aromatic heterocycles. The average Bonchev–Trinajstić information content (AvgIpc) is 3.00. The van der Waals surface area contributed by atoms with E-state index in [2.05, 4.69) is 25.6 Å². The van der Waals surface area contributed by atoms with Crippen LogP contribution in [0.3, 0.4) is 0 Å². The van der Waals surface area contributed by atoms with Gasteiger partial charge in [0.05, 0.1) is 14.2 Å². The fourth-order valence-corrected chi connectivity index (χ4v) is 2.02. The molecule has 10 heteroatoms. The third-order valence-electron chi connectivity index (χ3n) is 3.12. The molecule has 0 atom stereocenters. The molecule has 0 saturated carbocycles. The molecule has 0 aliphatic heterocycles. The summed E-state index contributed by atoms with van der Waals surface area (Å²) in [6.45, 7) is 1.53. The summed E-state index contributed by atoms with van der Waals surface area (Å²) in [5, 5.41) is 12.6. The number of benzene rings is 1. The molecule has 9 nitrogen and oxygen atoms in total. The van der Waals surface area contributed by atoms with E-state index in [9.17, 15) is 4.79 Å². The number of nitrogen functional groups attached to an aromatic ring is 1. The number of carbonyl (C=O) groups excluding carboxylic acids is 1.